The number of anilines is 1. The number of nitrogens with two attached hydrogens (primary N) is 1. The summed E-state index contributed by atoms with van der Waals surface area (Å²) in [5.41, 5.74) is 9.71. The number of nitrogen functional groups attached to an aromatic ring is 1. The second kappa shape index (κ2) is 8.45. The molecule has 3 N–H and O–H groups in total. The molecule has 1 unspecified atom stereocenters. The van der Waals surface area contributed by atoms with Gasteiger partial charge < -0.3 is 15.8 Å². The number of halogens is 2. The second-order valence-corrected chi connectivity index (χ2v) is 6.33. The van der Waals surface area contributed by atoms with Gasteiger partial charge in [-0.3, -0.25) is 9.48 Å². The van der Waals surface area contributed by atoms with Crippen LogP contribution in [0.25, 0.3) is 0 Å². The molecule has 0 radical (unpaired) electrons. The van der Waals surface area contributed by atoms with E-state index in [1.54, 1.807) is 6.07 Å². The van der Waals surface area contributed by atoms with Crippen LogP contribution < -0.4 is 15.8 Å². The van der Waals surface area contributed by atoms with Gasteiger partial charge in [-0.15, -0.1) is 12.4 Å². The third-order valence-corrected chi connectivity index (χ3v) is 4.44. The van der Waals surface area contributed by atoms with Crippen LogP contribution in [0.15, 0.2) is 12.1 Å². The van der Waals surface area contributed by atoms with E-state index in [1.165, 1.54) is 13.2 Å². The highest BCUT2D eigenvalue weighted by Crippen LogP contribution is 2.29. The number of nitrogens with one attached hydrogen (secondary N) is 1. The van der Waals surface area contributed by atoms with Crippen LogP contribution in [0.3, 0.4) is 0 Å². The van der Waals surface area contributed by atoms with Gasteiger partial charge in [0.2, 0.25) is 0 Å². The molecule has 0 spiro atoms. The maximum Gasteiger partial charge on any atom is 0.255 e. The smallest absolute Gasteiger partial charge is 0.255 e. The zero-order chi connectivity index (χ0) is 18.0. The summed E-state index contributed by atoms with van der Waals surface area (Å²) in [4.78, 5) is 12.6. The van der Waals surface area contributed by atoms with E-state index in [-0.39, 0.29) is 24.4 Å². The van der Waals surface area contributed by atoms with Crippen molar-refractivity contribution in [2.45, 2.75) is 33.2 Å². The first-order valence-corrected chi connectivity index (χ1v) is 8.05. The van der Waals surface area contributed by atoms with E-state index in [4.69, 9.17) is 22.1 Å². The van der Waals surface area contributed by atoms with E-state index < -0.39 is 0 Å². The summed E-state index contributed by atoms with van der Waals surface area (Å²) < 4.78 is 7.08. The van der Waals surface area contributed by atoms with Crippen molar-refractivity contribution >= 4 is 35.6 Å². The summed E-state index contributed by atoms with van der Waals surface area (Å²) in [6.07, 6.45) is 0.697. The monoisotopic (exact) mass is 386 g/mol. The quantitative estimate of drug-likeness (QED) is 0.773. The van der Waals surface area contributed by atoms with Gasteiger partial charge in [-0.05, 0) is 38.8 Å². The normalized spacial score (nSPS) is 11.6. The molecule has 0 aliphatic carbocycles. The molecule has 2 rings (SSSR count). The number of methoxy groups -OCH3 is 1. The molecule has 0 saturated heterocycles. The molecule has 138 valence electrons. The molecule has 2 aromatic rings. The number of hydrogen-bond acceptors (Lipinski definition) is 4. The van der Waals surface area contributed by atoms with Crippen molar-refractivity contribution in [2.75, 3.05) is 12.8 Å². The molecule has 6 nitrogen and oxygen atoms in total. The lowest BCUT2D eigenvalue weighted by atomic mass is 10.0. The van der Waals surface area contributed by atoms with Crippen molar-refractivity contribution < 1.29 is 9.53 Å². The van der Waals surface area contributed by atoms with E-state index in [2.05, 4.69) is 10.4 Å². The summed E-state index contributed by atoms with van der Waals surface area (Å²) in [5.74, 6) is 0.149. The molecule has 0 bridgehead atoms. The van der Waals surface area contributed by atoms with Gasteiger partial charge in [-0.1, -0.05) is 11.6 Å². The molecule has 0 fully saturated rings. The Hall–Kier alpha value is -1.92. The van der Waals surface area contributed by atoms with Gasteiger partial charge in [0, 0.05) is 24.8 Å². The predicted octanol–water partition coefficient (Wildman–Crippen LogP) is 3.06. The maximum absolute atomic E-state index is 12.6. The third-order valence-electron chi connectivity index (χ3n) is 4.11. The van der Waals surface area contributed by atoms with Crippen LogP contribution in [0, 0.1) is 13.8 Å². The lowest BCUT2D eigenvalue weighted by Crippen LogP contribution is -2.34. The fourth-order valence-electron chi connectivity index (χ4n) is 2.69. The second-order valence-electron chi connectivity index (χ2n) is 5.93. The molecule has 0 aliphatic rings. The molecule has 1 aromatic heterocycles. The first kappa shape index (κ1) is 21.1. The van der Waals surface area contributed by atoms with E-state index in [9.17, 15) is 4.79 Å². The molecule has 1 amide bonds. The minimum absolute atomic E-state index is 0. The van der Waals surface area contributed by atoms with Crippen LogP contribution in [-0.2, 0) is 13.5 Å². The Morgan fingerprint density at radius 3 is 2.60 bits per heavy atom. The van der Waals surface area contributed by atoms with Gasteiger partial charge in [-0.25, -0.2) is 0 Å². The minimum atomic E-state index is -0.250. The average molecular weight is 387 g/mol. The van der Waals surface area contributed by atoms with Crippen molar-refractivity contribution in [1.29, 1.82) is 0 Å². The number of aryl methyl sites for hydroxylation is 2. The Bertz CT molecular complexity index is 774. The Morgan fingerprint density at radius 1 is 1.44 bits per heavy atom. The zero-order valence-electron chi connectivity index (χ0n) is 15.0. The fraction of sp³-hybridized carbons (Fsp3) is 0.412. The number of ether oxygens (including phenoxy) is 1. The summed E-state index contributed by atoms with van der Waals surface area (Å²) >= 11 is 6.03. The van der Waals surface area contributed by atoms with E-state index in [0.29, 0.717) is 28.4 Å². The number of carbonyl (C=O) groups excluding carboxylic acids is 1. The zero-order valence-corrected chi connectivity index (χ0v) is 16.6. The maximum atomic E-state index is 12.6. The lowest BCUT2D eigenvalue weighted by molar-refractivity contribution is 0.0937. The fourth-order valence-corrected chi connectivity index (χ4v) is 2.85. The first-order valence-electron chi connectivity index (χ1n) is 7.67. The van der Waals surface area contributed by atoms with Gasteiger partial charge in [0.25, 0.3) is 5.91 Å². The van der Waals surface area contributed by atoms with E-state index in [0.717, 1.165) is 17.0 Å². The highest BCUT2D eigenvalue weighted by atomic mass is 35.5. The van der Waals surface area contributed by atoms with Gasteiger partial charge in [0.05, 0.1) is 29.1 Å². The van der Waals surface area contributed by atoms with Crippen LogP contribution in [-0.4, -0.2) is 28.8 Å². The molecule has 8 heteroatoms. The van der Waals surface area contributed by atoms with Crippen LogP contribution in [0.4, 0.5) is 5.69 Å². The van der Waals surface area contributed by atoms with Crippen molar-refractivity contribution in [3.05, 3.63) is 39.7 Å². The standard InChI is InChI=1S/C17H23ClN4O2.ClH/c1-9(6-12-10(2)21-22(4)11(12)3)20-17(23)13-7-14(18)15(19)8-16(13)24-5;/h7-9H,6,19H2,1-5H3,(H,20,23);1H. The molecule has 0 saturated carbocycles. The van der Waals surface area contributed by atoms with Gasteiger partial charge in [0.1, 0.15) is 5.75 Å². The summed E-state index contributed by atoms with van der Waals surface area (Å²) in [7, 11) is 3.40. The van der Waals surface area contributed by atoms with Crippen LogP contribution in [0.2, 0.25) is 5.02 Å². The highest BCUT2D eigenvalue weighted by molar-refractivity contribution is 6.33. The number of benzene rings is 1. The summed E-state index contributed by atoms with van der Waals surface area (Å²) in [5, 5.41) is 7.70. The topological polar surface area (TPSA) is 82.2 Å². The SMILES string of the molecule is COc1cc(N)c(Cl)cc1C(=O)NC(C)Cc1c(C)nn(C)c1C.Cl. The molecule has 1 atom stereocenters. The van der Waals surface area contributed by atoms with E-state index >= 15 is 0 Å². The first-order chi connectivity index (χ1) is 11.2. The van der Waals surface area contributed by atoms with Crippen molar-refractivity contribution in [3.8, 4) is 5.75 Å². The number of rotatable bonds is 5. The van der Waals surface area contributed by atoms with Crippen molar-refractivity contribution in [2.24, 2.45) is 7.05 Å². The number of aromatic nitrogens is 2. The van der Waals surface area contributed by atoms with Gasteiger partial charge in [0.15, 0.2) is 0 Å². The molecule has 25 heavy (non-hydrogen) atoms. The van der Waals surface area contributed by atoms with Gasteiger partial charge in [-0.2, -0.15) is 5.10 Å². The molecule has 0 aliphatic heterocycles. The van der Waals surface area contributed by atoms with E-state index in [1.807, 2.05) is 32.5 Å². The largest absolute Gasteiger partial charge is 0.496 e. The number of nitrogens with zero attached hydrogens (tertiary/aromatic N) is 2. The number of carbonyl (C=O) groups is 1. The van der Waals surface area contributed by atoms with Crippen LogP contribution >= 0.6 is 24.0 Å². The van der Waals surface area contributed by atoms with Crippen molar-refractivity contribution in [1.82, 2.24) is 15.1 Å². The van der Waals surface area contributed by atoms with Crippen LogP contribution in [0.1, 0.15) is 34.2 Å². The van der Waals surface area contributed by atoms with Crippen LogP contribution in [0.5, 0.6) is 5.75 Å². The molecular weight excluding hydrogens is 363 g/mol. The summed E-state index contributed by atoms with van der Waals surface area (Å²) in [6, 6.07) is 3.01. The summed E-state index contributed by atoms with van der Waals surface area (Å²) in [6.45, 7) is 5.95. The third kappa shape index (κ3) is 4.58. The molecule has 1 heterocycles. The predicted molar refractivity (Wildman–Crippen MR) is 103 cm³/mol. The molecule has 1 aromatic carbocycles. The van der Waals surface area contributed by atoms with Gasteiger partial charge >= 0.3 is 0 Å². The Balaban J connectivity index is 0.00000312. The Morgan fingerprint density at radius 2 is 2.08 bits per heavy atom. The number of amides is 1. The van der Waals surface area contributed by atoms with Crippen molar-refractivity contribution in [3.63, 3.8) is 0 Å². The Labute approximate surface area is 159 Å². The number of hydrogen-bond donors (Lipinski definition) is 2. The minimum Gasteiger partial charge on any atom is -0.496 e. The highest BCUT2D eigenvalue weighted by Gasteiger charge is 2.19. The Kier molecular flexibility index (Phi) is 7.14. The molecular formula is C17H24Cl2N4O2. The average Bonchev–Trinajstić information content (AvgIpc) is 2.75. The lowest BCUT2D eigenvalue weighted by Gasteiger charge is -2.16.